The van der Waals surface area contributed by atoms with E-state index in [-0.39, 0.29) is 5.38 Å². The third-order valence-electron chi connectivity index (χ3n) is 3.60. The number of hydrogen-bond acceptors (Lipinski definition) is 0. The van der Waals surface area contributed by atoms with Gasteiger partial charge in [0.1, 0.15) is 0 Å². The molecule has 20 heavy (non-hydrogen) atoms. The molecule has 0 saturated carbocycles. The van der Waals surface area contributed by atoms with Crippen molar-refractivity contribution in [3.63, 3.8) is 0 Å². The van der Waals surface area contributed by atoms with Crippen molar-refractivity contribution in [2.45, 2.75) is 38.5 Å². The van der Waals surface area contributed by atoms with Crippen molar-refractivity contribution in [2.75, 3.05) is 0 Å². The standard InChI is InChI=1S/C18H20BrCl/c1-3-4-5-14-6-8-15(9-7-14)18(20)17-11-10-16(19)12-13(17)2/h6-12,18H,3-5H2,1-2H3. The van der Waals surface area contributed by atoms with E-state index in [2.05, 4.69) is 66.2 Å². The maximum atomic E-state index is 6.63. The third kappa shape index (κ3) is 3.86. The molecule has 0 spiro atoms. The first-order valence-corrected chi connectivity index (χ1v) is 8.33. The number of halogens is 2. The smallest absolute Gasteiger partial charge is 0.0838 e. The number of aryl methyl sites for hydroxylation is 2. The topological polar surface area (TPSA) is 0 Å². The lowest BCUT2D eigenvalue weighted by Gasteiger charge is -2.14. The Morgan fingerprint density at radius 2 is 1.80 bits per heavy atom. The van der Waals surface area contributed by atoms with Gasteiger partial charge in [-0.25, -0.2) is 0 Å². The first kappa shape index (κ1) is 15.6. The fraction of sp³-hybridized carbons (Fsp3) is 0.333. The molecule has 2 heteroatoms. The Hall–Kier alpha value is -0.790. The molecule has 0 bridgehead atoms. The summed E-state index contributed by atoms with van der Waals surface area (Å²) in [6, 6.07) is 15.0. The lowest BCUT2D eigenvalue weighted by Crippen LogP contribution is -1.97. The maximum absolute atomic E-state index is 6.63. The average molecular weight is 352 g/mol. The second kappa shape index (κ2) is 7.28. The minimum Gasteiger partial charge on any atom is -0.113 e. The molecule has 0 aliphatic carbocycles. The summed E-state index contributed by atoms with van der Waals surface area (Å²) in [5.74, 6) is 0. The van der Waals surface area contributed by atoms with Gasteiger partial charge in [0.2, 0.25) is 0 Å². The number of alkyl halides is 1. The molecular formula is C18H20BrCl. The van der Waals surface area contributed by atoms with E-state index in [0.717, 1.165) is 16.5 Å². The molecule has 2 aromatic carbocycles. The summed E-state index contributed by atoms with van der Waals surface area (Å²) in [4.78, 5) is 0. The molecule has 0 fully saturated rings. The van der Waals surface area contributed by atoms with Crippen LogP contribution in [-0.2, 0) is 6.42 Å². The van der Waals surface area contributed by atoms with Gasteiger partial charge in [0.25, 0.3) is 0 Å². The Bertz CT molecular complexity index is 560. The van der Waals surface area contributed by atoms with E-state index in [1.165, 1.54) is 29.5 Å². The van der Waals surface area contributed by atoms with Crippen LogP contribution in [0.4, 0.5) is 0 Å². The average Bonchev–Trinajstić information content (AvgIpc) is 2.45. The zero-order chi connectivity index (χ0) is 14.5. The molecule has 0 nitrogen and oxygen atoms in total. The Labute approximate surface area is 135 Å². The van der Waals surface area contributed by atoms with E-state index in [9.17, 15) is 0 Å². The van der Waals surface area contributed by atoms with Crippen molar-refractivity contribution in [3.8, 4) is 0 Å². The van der Waals surface area contributed by atoms with Crippen molar-refractivity contribution in [2.24, 2.45) is 0 Å². The SMILES string of the molecule is CCCCc1ccc(C(Cl)c2ccc(Br)cc2C)cc1. The lowest BCUT2D eigenvalue weighted by atomic mass is 9.98. The second-order valence-corrected chi connectivity index (χ2v) is 6.56. The molecule has 0 saturated heterocycles. The van der Waals surface area contributed by atoms with E-state index in [0.29, 0.717) is 0 Å². The van der Waals surface area contributed by atoms with Crippen molar-refractivity contribution in [3.05, 3.63) is 69.2 Å². The van der Waals surface area contributed by atoms with Gasteiger partial charge in [-0.15, -0.1) is 11.6 Å². The van der Waals surface area contributed by atoms with Gasteiger partial charge in [0.15, 0.2) is 0 Å². The van der Waals surface area contributed by atoms with Crippen LogP contribution in [-0.4, -0.2) is 0 Å². The largest absolute Gasteiger partial charge is 0.113 e. The van der Waals surface area contributed by atoms with Gasteiger partial charge in [-0.05, 0) is 54.2 Å². The highest BCUT2D eigenvalue weighted by Gasteiger charge is 2.13. The molecule has 0 aromatic heterocycles. The normalized spacial score (nSPS) is 12.4. The highest BCUT2D eigenvalue weighted by molar-refractivity contribution is 9.10. The molecule has 2 aromatic rings. The van der Waals surface area contributed by atoms with E-state index in [1.807, 2.05) is 6.07 Å². The van der Waals surface area contributed by atoms with Crippen LogP contribution in [0.3, 0.4) is 0 Å². The minimum absolute atomic E-state index is 0.0803. The molecule has 0 N–H and O–H groups in total. The van der Waals surface area contributed by atoms with Crippen LogP contribution >= 0.6 is 27.5 Å². The van der Waals surface area contributed by atoms with Crippen molar-refractivity contribution < 1.29 is 0 Å². The second-order valence-electron chi connectivity index (χ2n) is 5.21. The van der Waals surface area contributed by atoms with Crippen LogP contribution in [0.15, 0.2) is 46.9 Å². The Morgan fingerprint density at radius 1 is 1.10 bits per heavy atom. The third-order valence-corrected chi connectivity index (χ3v) is 4.58. The van der Waals surface area contributed by atoms with Crippen LogP contribution in [0.1, 0.15) is 47.4 Å². The molecule has 1 atom stereocenters. The number of rotatable bonds is 5. The summed E-state index contributed by atoms with van der Waals surface area (Å²) in [7, 11) is 0. The Morgan fingerprint density at radius 3 is 2.40 bits per heavy atom. The number of benzene rings is 2. The monoisotopic (exact) mass is 350 g/mol. The molecule has 0 aliphatic heterocycles. The summed E-state index contributed by atoms with van der Waals surface area (Å²) >= 11 is 10.1. The molecule has 0 radical (unpaired) electrons. The van der Waals surface area contributed by atoms with Crippen molar-refractivity contribution >= 4 is 27.5 Å². The predicted octanol–water partition coefficient (Wildman–Crippen LogP) is 6.43. The van der Waals surface area contributed by atoms with E-state index >= 15 is 0 Å². The fourth-order valence-corrected chi connectivity index (χ4v) is 3.20. The van der Waals surface area contributed by atoms with Gasteiger partial charge in [-0.2, -0.15) is 0 Å². The first-order valence-electron chi connectivity index (χ1n) is 7.10. The Kier molecular flexibility index (Phi) is 5.68. The van der Waals surface area contributed by atoms with Crippen LogP contribution in [0.2, 0.25) is 0 Å². The zero-order valence-corrected chi connectivity index (χ0v) is 14.3. The summed E-state index contributed by atoms with van der Waals surface area (Å²) in [5.41, 5.74) is 4.95. The van der Waals surface area contributed by atoms with Gasteiger partial charge >= 0.3 is 0 Å². The maximum Gasteiger partial charge on any atom is 0.0838 e. The molecule has 0 heterocycles. The lowest BCUT2D eigenvalue weighted by molar-refractivity contribution is 0.794. The molecule has 0 amide bonds. The molecule has 2 rings (SSSR count). The zero-order valence-electron chi connectivity index (χ0n) is 12.0. The predicted molar refractivity (Wildman–Crippen MR) is 91.6 cm³/mol. The highest BCUT2D eigenvalue weighted by atomic mass is 79.9. The van der Waals surface area contributed by atoms with Gasteiger partial charge in [-0.1, -0.05) is 59.6 Å². The summed E-state index contributed by atoms with van der Waals surface area (Å²) in [5, 5.41) is -0.0803. The fourth-order valence-electron chi connectivity index (χ4n) is 2.34. The molecule has 1 unspecified atom stereocenters. The summed E-state index contributed by atoms with van der Waals surface area (Å²) in [6.07, 6.45) is 3.63. The van der Waals surface area contributed by atoms with Gasteiger partial charge in [0, 0.05) is 4.47 Å². The van der Waals surface area contributed by atoms with E-state index in [4.69, 9.17) is 11.6 Å². The Balaban J connectivity index is 2.18. The number of hydrogen-bond donors (Lipinski definition) is 0. The minimum atomic E-state index is -0.0803. The van der Waals surface area contributed by atoms with Crippen molar-refractivity contribution in [1.82, 2.24) is 0 Å². The molecular weight excluding hydrogens is 332 g/mol. The van der Waals surface area contributed by atoms with Gasteiger partial charge in [-0.3, -0.25) is 0 Å². The summed E-state index contributed by atoms with van der Waals surface area (Å²) < 4.78 is 1.09. The molecule has 0 aliphatic rings. The van der Waals surface area contributed by atoms with Crippen molar-refractivity contribution in [1.29, 1.82) is 0 Å². The van der Waals surface area contributed by atoms with Crippen LogP contribution in [0.5, 0.6) is 0 Å². The highest BCUT2D eigenvalue weighted by Crippen LogP contribution is 2.32. The number of unbranched alkanes of at least 4 members (excludes halogenated alkanes) is 1. The first-order chi connectivity index (χ1) is 9.61. The summed E-state index contributed by atoms with van der Waals surface area (Å²) in [6.45, 7) is 4.32. The van der Waals surface area contributed by atoms with Gasteiger partial charge in [0.05, 0.1) is 5.38 Å². The van der Waals surface area contributed by atoms with Crippen LogP contribution in [0, 0.1) is 6.92 Å². The van der Waals surface area contributed by atoms with Crippen LogP contribution < -0.4 is 0 Å². The molecule has 106 valence electrons. The van der Waals surface area contributed by atoms with Crippen LogP contribution in [0.25, 0.3) is 0 Å². The van der Waals surface area contributed by atoms with Gasteiger partial charge < -0.3 is 0 Å². The van der Waals surface area contributed by atoms with E-state index < -0.39 is 0 Å². The van der Waals surface area contributed by atoms with E-state index in [1.54, 1.807) is 0 Å². The quantitative estimate of drug-likeness (QED) is 0.545.